The number of amides is 1. The van der Waals surface area contributed by atoms with Crippen LogP contribution in [-0.4, -0.2) is 30.1 Å². The average molecular weight is 522 g/mol. The Hall–Kier alpha value is -2.69. The second-order valence-electron chi connectivity index (χ2n) is 9.25. The Morgan fingerprint density at radius 3 is 1.92 bits per heavy atom. The minimum atomic E-state index is -5.01. The van der Waals surface area contributed by atoms with Crippen molar-refractivity contribution in [2.75, 3.05) is 13.1 Å². The number of carbonyl (C=O) groups is 1. The summed E-state index contributed by atoms with van der Waals surface area (Å²) >= 11 is 0. The number of nitrogens with zero attached hydrogens (tertiary/aromatic N) is 1. The second-order valence-corrected chi connectivity index (χ2v) is 9.25. The molecule has 0 aliphatic carbocycles. The zero-order valence-corrected chi connectivity index (χ0v) is 19.6. The Labute approximate surface area is 203 Å². The summed E-state index contributed by atoms with van der Waals surface area (Å²) in [5.74, 6) is -1.13. The molecule has 3 nitrogen and oxygen atoms in total. The molecular formula is C25H26F8N2O. The molecule has 1 aliphatic rings. The van der Waals surface area contributed by atoms with E-state index in [0.29, 0.717) is 30.8 Å². The Balaban J connectivity index is 1.87. The highest BCUT2D eigenvalue weighted by atomic mass is 19.4. The summed E-state index contributed by atoms with van der Waals surface area (Å²) in [6, 6.07) is 5.44. The third kappa shape index (κ3) is 6.54. The van der Waals surface area contributed by atoms with Gasteiger partial charge in [-0.25, -0.2) is 8.78 Å². The number of hydrogen-bond donors (Lipinski definition) is 1. The van der Waals surface area contributed by atoms with Crippen LogP contribution in [0.5, 0.6) is 0 Å². The fourth-order valence-electron chi connectivity index (χ4n) is 4.46. The van der Waals surface area contributed by atoms with Crippen LogP contribution in [0.3, 0.4) is 0 Å². The second kappa shape index (κ2) is 10.4. The van der Waals surface area contributed by atoms with Crippen molar-refractivity contribution in [2.45, 2.75) is 63.2 Å². The standard InChI is InChI=1S/C25H26F8N2O/c1-15(16-11-18(24(28,29)30)13-19(12-16)25(31,32)33)34-22(36)14-23(2,17-3-5-20(26)6-4-17)35-9-7-21(27)8-10-35/h3-6,11-13,15,21H,7-10,14H2,1-2H3,(H,34,36)/t15-,23?/m0/s1. The predicted molar refractivity (Wildman–Crippen MR) is 117 cm³/mol. The zero-order valence-electron chi connectivity index (χ0n) is 19.6. The molecule has 2 aromatic carbocycles. The number of halogens is 8. The van der Waals surface area contributed by atoms with E-state index in [9.17, 15) is 39.9 Å². The lowest BCUT2D eigenvalue weighted by molar-refractivity contribution is -0.143. The van der Waals surface area contributed by atoms with Gasteiger partial charge in [0.2, 0.25) is 5.91 Å². The minimum absolute atomic E-state index is 0.0259. The predicted octanol–water partition coefficient (Wildman–Crippen LogP) is 6.78. The molecule has 0 saturated carbocycles. The van der Waals surface area contributed by atoms with Gasteiger partial charge in [-0.1, -0.05) is 12.1 Å². The van der Waals surface area contributed by atoms with Crippen LogP contribution in [0.15, 0.2) is 42.5 Å². The quantitative estimate of drug-likeness (QED) is 0.425. The van der Waals surface area contributed by atoms with Crippen molar-refractivity contribution in [1.82, 2.24) is 10.2 Å². The molecule has 0 aromatic heterocycles. The highest BCUT2D eigenvalue weighted by molar-refractivity contribution is 5.78. The number of rotatable bonds is 6. The van der Waals surface area contributed by atoms with Gasteiger partial charge in [-0.05, 0) is 68.1 Å². The van der Waals surface area contributed by atoms with Crippen molar-refractivity contribution >= 4 is 5.91 Å². The third-order valence-corrected chi connectivity index (χ3v) is 6.58. The van der Waals surface area contributed by atoms with E-state index < -0.39 is 53.0 Å². The van der Waals surface area contributed by atoms with Gasteiger partial charge in [0.25, 0.3) is 0 Å². The van der Waals surface area contributed by atoms with E-state index in [4.69, 9.17) is 0 Å². The Kier molecular flexibility index (Phi) is 8.02. The maximum Gasteiger partial charge on any atom is 0.416 e. The van der Waals surface area contributed by atoms with Gasteiger partial charge in [0.05, 0.1) is 22.7 Å². The lowest BCUT2D eigenvalue weighted by Gasteiger charge is -2.44. The monoisotopic (exact) mass is 522 g/mol. The molecule has 1 aliphatic heterocycles. The van der Waals surface area contributed by atoms with Crippen LogP contribution in [0.4, 0.5) is 35.1 Å². The molecule has 2 aromatic rings. The molecule has 1 heterocycles. The van der Waals surface area contributed by atoms with Crippen LogP contribution in [0.25, 0.3) is 0 Å². The first kappa shape index (κ1) is 27.9. The first-order valence-electron chi connectivity index (χ1n) is 11.3. The molecule has 1 saturated heterocycles. The summed E-state index contributed by atoms with van der Waals surface area (Å²) in [5, 5.41) is 2.49. The molecule has 0 spiro atoms. The molecule has 1 N–H and O–H groups in total. The summed E-state index contributed by atoms with van der Waals surface area (Å²) in [5.41, 5.74) is -3.74. The minimum Gasteiger partial charge on any atom is -0.350 e. The first-order chi connectivity index (χ1) is 16.6. The summed E-state index contributed by atoms with van der Waals surface area (Å²) in [7, 11) is 0. The Bertz CT molecular complexity index is 1030. The van der Waals surface area contributed by atoms with Crippen molar-refractivity contribution in [2.24, 2.45) is 0 Å². The lowest BCUT2D eigenvalue weighted by Crippen LogP contribution is -2.50. The average Bonchev–Trinajstić information content (AvgIpc) is 2.78. The van der Waals surface area contributed by atoms with E-state index in [0.717, 1.165) is 0 Å². The van der Waals surface area contributed by atoms with E-state index in [1.807, 2.05) is 4.90 Å². The number of likely N-dealkylation sites (tertiary alicyclic amines) is 1. The highest BCUT2D eigenvalue weighted by Crippen LogP contribution is 2.38. The van der Waals surface area contributed by atoms with Crippen molar-refractivity contribution < 1.29 is 39.9 Å². The number of benzene rings is 2. The van der Waals surface area contributed by atoms with Gasteiger partial charge in [-0.15, -0.1) is 0 Å². The lowest BCUT2D eigenvalue weighted by atomic mass is 9.84. The molecule has 2 atom stereocenters. The molecule has 3 rings (SSSR count). The Morgan fingerprint density at radius 1 is 0.944 bits per heavy atom. The normalized spacial score (nSPS) is 18.5. The third-order valence-electron chi connectivity index (χ3n) is 6.58. The summed E-state index contributed by atoms with van der Waals surface area (Å²) in [6.45, 7) is 3.65. The van der Waals surface area contributed by atoms with E-state index in [1.165, 1.54) is 31.2 Å². The molecule has 1 amide bonds. The Morgan fingerprint density at radius 2 is 1.44 bits per heavy atom. The zero-order chi connectivity index (χ0) is 26.9. The van der Waals surface area contributed by atoms with Gasteiger partial charge in [-0.2, -0.15) is 26.3 Å². The number of carbonyl (C=O) groups excluding carboxylic acids is 1. The van der Waals surface area contributed by atoms with Gasteiger partial charge in [0.15, 0.2) is 0 Å². The molecule has 11 heteroatoms. The van der Waals surface area contributed by atoms with Gasteiger partial charge in [-0.3, -0.25) is 9.69 Å². The van der Waals surface area contributed by atoms with Crippen LogP contribution in [0.2, 0.25) is 0 Å². The molecule has 36 heavy (non-hydrogen) atoms. The molecule has 0 radical (unpaired) electrons. The van der Waals surface area contributed by atoms with Gasteiger partial charge >= 0.3 is 12.4 Å². The van der Waals surface area contributed by atoms with Crippen LogP contribution < -0.4 is 5.32 Å². The fraction of sp³-hybridized carbons (Fsp3) is 0.480. The van der Waals surface area contributed by atoms with Crippen LogP contribution >= 0.6 is 0 Å². The van der Waals surface area contributed by atoms with Gasteiger partial charge in [0.1, 0.15) is 12.0 Å². The molecule has 198 valence electrons. The molecule has 1 unspecified atom stereocenters. The molecular weight excluding hydrogens is 496 g/mol. The number of alkyl halides is 7. The van der Waals surface area contributed by atoms with Crippen LogP contribution in [0, 0.1) is 5.82 Å². The number of nitrogens with one attached hydrogen (secondary N) is 1. The largest absolute Gasteiger partial charge is 0.416 e. The van der Waals surface area contributed by atoms with E-state index >= 15 is 0 Å². The maximum atomic E-state index is 13.7. The summed E-state index contributed by atoms with van der Waals surface area (Å²) < 4.78 is 107. The summed E-state index contributed by atoms with van der Waals surface area (Å²) in [6.07, 6.45) is -10.8. The number of piperidine rings is 1. The molecule has 0 bridgehead atoms. The van der Waals surface area contributed by atoms with E-state index in [-0.39, 0.29) is 30.9 Å². The smallest absolute Gasteiger partial charge is 0.350 e. The van der Waals surface area contributed by atoms with E-state index in [1.54, 1.807) is 6.92 Å². The van der Waals surface area contributed by atoms with E-state index in [2.05, 4.69) is 5.32 Å². The first-order valence-corrected chi connectivity index (χ1v) is 11.3. The van der Waals surface area contributed by atoms with Crippen LogP contribution in [0.1, 0.15) is 61.4 Å². The van der Waals surface area contributed by atoms with Crippen molar-refractivity contribution in [1.29, 1.82) is 0 Å². The number of hydrogen-bond acceptors (Lipinski definition) is 2. The highest BCUT2D eigenvalue weighted by Gasteiger charge is 2.40. The van der Waals surface area contributed by atoms with Crippen molar-refractivity contribution in [3.8, 4) is 0 Å². The fourth-order valence-corrected chi connectivity index (χ4v) is 4.46. The SMILES string of the molecule is C[C@H](NC(=O)CC(C)(c1ccc(F)cc1)N1CCC(F)CC1)c1cc(C(F)(F)F)cc(C(F)(F)F)c1. The maximum absolute atomic E-state index is 13.7. The van der Waals surface area contributed by atoms with Crippen LogP contribution in [-0.2, 0) is 22.7 Å². The topological polar surface area (TPSA) is 32.3 Å². The summed E-state index contributed by atoms with van der Waals surface area (Å²) in [4.78, 5) is 14.9. The van der Waals surface area contributed by atoms with Crippen molar-refractivity contribution in [3.05, 3.63) is 70.5 Å². The van der Waals surface area contributed by atoms with Gasteiger partial charge in [0, 0.05) is 19.5 Å². The molecule has 1 fully saturated rings. The van der Waals surface area contributed by atoms with Crippen molar-refractivity contribution in [3.63, 3.8) is 0 Å². The van der Waals surface area contributed by atoms with Gasteiger partial charge < -0.3 is 5.32 Å².